The van der Waals surface area contributed by atoms with Crippen LogP contribution in [0.15, 0.2) is 24.3 Å². The first kappa shape index (κ1) is 20.4. The Morgan fingerprint density at radius 2 is 2.07 bits per heavy atom. The minimum Gasteiger partial charge on any atom is -0.490 e. The average Bonchev–Trinajstić information content (AvgIpc) is 2.93. The fraction of sp³-hybridized carbons (Fsp3) is 0.545. The van der Waals surface area contributed by atoms with Gasteiger partial charge >= 0.3 is 0 Å². The zero-order valence-corrected chi connectivity index (χ0v) is 17.2. The lowest BCUT2D eigenvalue weighted by molar-refractivity contribution is -0.137. The lowest BCUT2D eigenvalue weighted by Gasteiger charge is -2.34. The van der Waals surface area contributed by atoms with Gasteiger partial charge in [-0.2, -0.15) is 5.10 Å². The number of rotatable bonds is 6. The van der Waals surface area contributed by atoms with Gasteiger partial charge in [0.25, 0.3) is 0 Å². The van der Waals surface area contributed by atoms with E-state index in [1.807, 2.05) is 30.4 Å². The van der Waals surface area contributed by atoms with Gasteiger partial charge in [0.2, 0.25) is 5.91 Å². The Morgan fingerprint density at radius 3 is 2.75 bits per heavy atom. The Hall–Kier alpha value is -2.37. The summed E-state index contributed by atoms with van der Waals surface area (Å²) >= 11 is 0. The molecule has 1 aromatic heterocycles. The maximum Gasteiger partial charge on any atom is 0.227 e. The molecule has 1 aliphatic rings. The largest absolute Gasteiger partial charge is 0.490 e. The molecule has 0 unspecified atom stereocenters. The molecule has 28 heavy (non-hydrogen) atoms. The molecule has 0 saturated carbocycles. The Morgan fingerprint density at radius 1 is 1.32 bits per heavy atom. The Labute approximate surface area is 166 Å². The molecule has 2 aromatic rings. The number of amides is 1. The highest BCUT2D eigenvalue weighted by molar-refractivity contribution is 5.78. The summed E-state index contributed by atoms with van der Waals surface area (Å²) in [5.41, 5.74) is 3.32. The number of benzene rings is 1. The summed E-state index contributed by atoms with van der Waals surface area (Å²) in [4.78, 5) is 14.9. The van der Waals surface area contributed by atoms with Crippen molar-refractivity contribution in [1.29, 1.82) is 0 Å². The third-order valence-electron chi connectivity index (χ3n) is 5.75. The predicted molar refractivity (Wildman–Crippen MR) is 107 cm³/mol. The van der Waals surface area contributed by atoms with E-state index in [9.17, 15) is 9.18 Å². The number of ether oxygens (including phenoxy) is 1. The molecule has 1 fully saturated rings. The van der Waals surface area contributed by atoms with Gasteiger partial charge in [0.05, 0.1) is 24.8 Å². The smallest absolute Gasteiger partial charge is 0.227 e. The molecule has 1 aromatic carbocycles. The van der Waals surface area contributed by atoms with Crippen molar-refractivity contribution in [1.82, 2.24) is 14.7 Å². The van der Waals surface area contributed by atoms with Gasteiger partial charge in [-0.3, -0.25) is 9.48 Å². The fourth-order valence-corrected chi connectivity index (χ4v) is 3.78. The van der Waals surface area contributed by atoms with Crippen molar-refractivity contribution in [2.24, 2.45) is 11.8 Å². The van der Waals surface area contributed by atoms with Crippen LogP contribution in [0.2, 0.25) is 0 Å². The van der Waals surface area contributed by atoms with Crippen molar-refractivity contribution >= 4 is 5.91 Å². The van der Waals surface area contributed by atoms with Gasteiger partial charge in [-0.05, 0) is 51.3 Å². The van der Waals surface area contributed by atoms with Crippen LogP contribution in [0.5, 0.6) is 5.75 Å². The summed E-state index contributed by atoms with van der Waals surface area (Å²) in [6.07, 6.45) is 1.94. The highest BCUT2D eigenvalue weighted by atomic mass is 19.1. The molecule has 0 aliphatic carbocycles. The number of likely N-dealkylation sites (tertiary alicyclic amines) is 1. The number of hydrogen-bond donors (Lipinski definition) is 0. The molecular weight excluding hydrogens is 357 g/mol. The summed E-state index contributed by atoms with van der Waals surface area (Å²) < 4.78 is 21.3. The first-order chi connectivity index (χ1) is 13.4. The van der Waals surface area contributed by atoms with Crippen LogP contribution in [0.25, 0.3) is 0 Å². The van der Waals surface area contributed by atoms with Crippen LogP contribution in [0.1, 0.15) is 36.7 Å². The summed E-state index contributed by atoms with van der Waals surface area (Å²) in [5, 5.41) is 4.55. The lowest BCUT2D eigenvalue weighted by Crippen LogP contribution is -2.44. The number of nitrogens with zero attached hydrogens (tertiary/aromatic N) is 3. The lowest BCUT2D eigenvalue weighted by atomic mass is 9.97. The Kier molecular flexibility index (Phi) is 6.37. The van der Waals surface area contributed by atoms with E-state index in [1.54, 1.807) is 18.2 Å². The van der Waals surface area contributed by atoms with Crippen molar-refractivity contribution in [3.05, 3.63) is 47.0 Å². The van der Waals surface area contributed by atoms with Gasteiger partial charge < -0.3 is 9.64 Å². The van der Waals surface area contributed by atoms with Crippen LogP contribution in [0.4, 0.5) is 4.39 Å². The van der Waals surface area contributed by atoms with E-state index < -0.39 is 0 Å². The number of para-hydroxylation sites is 1. The number of carbonyl (C=O) groups excluding carboxylic acids is 1. The molecule has 152 valence electrons. The second-order valence-electron chi connectivity index (χ2n) is 7.91. The van der Waals surface area contributed by atoms with E-state index in [4.69, 9.17) is 4.74 Å². The van der Waals surface area contributed by atoms with Crippen LogP contribution in [-0.4, -0.2) is 40.3 Å². The minimum atomic E-state index is -0.347. The predicted octanol–water partition coefficient (Wildman–Crippen LogP) is 3.90. The molecule has 2 atom stereocenters. The molecule has 0 N–H and O–H groups in total. The van der Waals surface area contributed by atoms with Crippen molar-refractivity contribution in [2.45, 2.75) is 47.1 Å². The molecule has 2 heterocycles. The maximum absolute atomic E-state index is 13.7. The SMILES string of the molecule is Cc1nn(C[C@@H](C)C(=O)N2CCC[C@H](COc3ccccc3F)C2)c(C)c1C. The van der Waals surface area contributed by atoms with Crippen molar-refractivity contribution in [3.63, 3.8) is 0 Å². The van der Waals surface area contributed by atoms with Gasteiger partial charge in [-0.25, -0.2) is 4.39 Å². The van der Waals surface area contributed by atoms with Gasteiger partial charge in [0.15, 0.2) is 11.6 Å². The third-order valence-corrected chi connectivity index (χ3v) is 5.75. The van der Waals surface area contributed by atoms with E-state index >= 15 is 0 Å². The van der Waals surface area contributed by atoms with Crippen molar-refractivity contribution in [2.75, 3.05) is 19.7 Å². The molecule has 6 heteroatoms. The quantitative estimate of drug-likeness (QED) is 0.755. The maximum atomic E-state index is 13.7. The van der Waals surface area contributed by atoms with Crippen molar-refractivity contribution < 1.29 is 13.9 Å². The van der Waals surface area contributed by atoms with Crippen molar-refractivity contribution in [3.8, 4) is 5.75 Å². The van der Waals surface area contributed by atoms with Crippen LogP contribution < -0.4 is 4.74 Å². The standard InChI is InChI=1S/C22H30FN3O2/c1-15(12-26-18(4)16(2)17(3)24-26)22(27)25-11-7-8-19(13-25)14-28-21-10-6-5-9-20(21)23/h5-6,9-10,15,19H,7-8,11-14H2,1-4H3/t15-,19+/m1/s1. The van der Waals surface area contributed by atoms with E-state index in [1.165, 1.54) is 11.6 Å². The van der Waals surface area contributed by atoms with Crippen LogP contribution in [0, 0.1) is 38.4 Å². The summed E-state index contributed by atoms with van der Waals surface area (Å²) in [6.45, 7) is 10.5. The molecule has 3 rings (SSSR count). The first-order valence-corrected chi connectivity index (χ1v) is 10.0. The van der Waals surface area contributed by atoms with E-state index in [2.05, 4.69) is 12.0 Å². The number of hydrogen-bond acceptors (Lipinski definition) is 3. The monoisotopic (exact) mass is 387 g/mol. The van der Waals surface area contributed by atoms with Gasteiger partial charge in [-0.15, -0.1) is 0 Å². The molecule has 1 saturated heterocycles. The van der Waals surface area contributed by atoms with Gasteiger partial charge in [0.1, 0.15) is 0 Å². The summed E-state index contributed by atoms with van der Waals surface area (Å²) in [6, 6.07) is 6.44. The van der Waals surface area contributed by atoms with Gasteiger partial charge in [0, 0.05) is 24.7 Å². The molecule has 0 bridgehead atoms. The average molecular weight is 387 g/mol. The summed E-state index contributed by atoms with van der Waals surface area (Å²) in [5.74, 6) is 0.170. The topological polar surface area (TPSA) is 47.4 Å². The second kappa shape index (κ2) is 8.76. The zero-order chi connectivity index (χ0) is 20.3. The van der Waals surface area contributed by atoms with Crippen LogP contribution in [-0.2, 0) is 11.3 Å². The van der Waals surface area contributed by atoms with E-state index in [-0.39, 0.29) is 29.3 Å². The molecule has 1 amide bonds. The van der Waals surface area contributed by atoms with E-state index in [0.29, 0.717) is 19.7 Å². The molecular formula is C22H30FN3O2. The molecule has 0 spiro atoms. The number of halogens is 1. The zero-order valence-electron chi connectivity index (χ0n) is 17.2. The third kappa shape index (κ3) is 4.54. The summed E-state index contributed by atoms with van der Waals surface area (Å²) in [7, 11) is 0. The second-order valence-corrected chi connectivity index (χ2v) is 7.91. The molecule has 1 aliphatic heterocycles. The molecule has 5 nitrogen and oxygen atoms in total. The highest BCUT2D eigenvalue weighted by Gasteiger charge is 2.28. The number of piperidine rings is 1. The number of aryl methyl sites for hydroxylation is 1. The normalized spacial score (nSPS) is 18.2. The van der Waals surface area contributed by atoms with Gasteiger partial charge in [-0.1, -0.05) is 19.1 Å². The number of carbonyl (C=O) groups is 1. The van der Waals surface area contributed by atoms with E-state index in [0.717, 1.165) is 30.8 Å². The minimum absolute atomic E-state index is 0.136. The first-order valence-electron chi connectivity index (χ1n) is 10.0. The highest BCUT2D eigenvalue weighted by Crippen LogP contribution is 2.22. The van der Waals surface area contributed by atoms with Crippen LogP contribution in [0.3, 0.4) is 0 Å². The van der Waals surface area contributed by atoms with Crippen LogP contribution >= 0.6 is 0 Å². The Balaban J connectivity index is 1.56. The Bertz CT molecular complexity index is 833. The molecule has 0 radical (unpaired) electrons. The number of aromatic nitrogens is 2. The fourth-order valence-electron chi connectivity index (χ4n) is 3.78.